The fourth-order valence-corrected chi connectivity index (χ4v) is 1.37. The van der Waals surface area contributed by atoms with E-state index in [-0.39, 0.29) is 5.91 Å². The first-order valence-electron chi connectivity index (χ1n) is 5.55. The van der Waals surface area contributed by atoms with Gasteiger partial charge in [0.05, 0.1) is 0 Å². The molecule has 0 bridgehead atoms. The normalized spacial score (nSPS) is 10.1. The van der Waals surface area contributed by atoms with Crippen molar-refractivity contribution in [3.8, 4) is 0 Å². The standard InChI is InChI=1S/C11H18N4O/c1-2-4-9-7-11(15-8-14-9)13-6-3-5-10(12)16/h7-8H,2-6H2,1H3,(H2,12,16)(H,13,14,15). The molecule has 0 saturated carbocycles. The van der Waals surface area contributed by atoms with Crippen LogP contribution in [0.15, 0.2) is 12.4 Å². The summed E-state index contributed by atoms with van der Waals surface area (Å²) in [4.78, 5) is 18.8. The number of nitrogens with one attached hydrogen (secondary N) is 1. The molecule has 0 spiro atoms. The van der Waals surface area contributed by atoms with E-state index in [4.69, 9.17) is 5.73 Å². The lowest BCUT2D eigenvalue weighted by Crippen LogP contribution is -2.13. The lowest BCUT2D eigenvalue weighted by Gasteiger charge is -2.05. The Labute approximate surface area is 95.5 Å². The van der Waals surface area contributed by atoms with Crippen LogP contribution in [0.1, 0.15) is 31.9 Å². The fraction of sp³-hybridized carbons (Fsp3) is 0.545. The van der Waals surface area contributed by atoms with Gasteiger partial charge >= 0.3 is 0 Å². The molecule has 0 aliphatic carbocycles. The van der Waals surface area contributed by atoms with Crippen molar-refractivity contribution in [2.75, 3.05) is 11.9 Å². The molecule has 1 rings (SSSR count). The molecule has 3 N–H and O–H groups in total. The highest BCUT2D eigenvalue weighted by atomic mass is 16.1. The molecule has 0 saturated heterocycles. The highest BCUT2D eigenvalue weighted by molar-refractivity contribution is 5.73. The quantitative estimate of drug-likeness (QED) is 0.677. The van der Waals surface area contributed by atoms with Crippen LogP contribution in [-0.4, -0.2) is 22.4 Å². The largest absolute Gasteiger partial charge is 0.370 e. The van der Waals surface area contributed by atoms with Crippen molar-refractivity contribution in [2.45, 2.75) is 32.6 Å². The molecular formula is C11H18N4O. The number of carbonyl (C=O) groups excluding carboxylic acids is 1. The van der Waals surface area contributed by atoms with Crippen molar-refractivity contribution < 1.29 is 4.79 Å². The second-order valence-corrected chi connectivity index (χ2v) is 3.64. The molecule has 1 aromatic rings. The number of primary amides is 1. The van der Waals surface area contributed by atoms with E-state index in [9.17, 15) is 4.79 Å². The summed E-state index contributed by atoms with van der Waals surface area (Å²) in [5.74, 6) is 0.541. The second-order valence-electron chi connectivity index (χ2n) is 3.64. The summed E-state index contributed by atoms with van der Waals surface area (Å²) in [5.41, 5.74) is 6.08. The highest BCUT2D eigenvalue weighted by Gasteiger charge is 1.98. The van der Waals surface area contributed by atoms with Gasteiger partial charge in [0, 0.05) is 24.7 Å². The molecule has 16 heavy (non-hydrogen) atoms. The van der Waals surface area contributed by atoms with Gasteiger partial charge in [-0.1, -0.05) is 13.3 Å². The Morgan fingerprint density at radius 1 is 1.50 bits per heavy atom. The van der Waals surface area contributed by atoms with Gasteiger partial charge in [0.15, 0.2) is 0 Å². The Morgan fingerprint density at radius 3 is 3.00 bits per heavy atom. The third-order valence-electron chi connectivity index (χ3n) is 2.14. The van der Waals surface area contributed by atoms with E-state index in [1.165, 1.54) is 0 Å². The van der Waals surface area contributed by atoms with E-state index in [0.717, 1.165) is 30.8 Å². The number of hydrogen-bond acceptors (Lipinski definition) is 4. The maximum Gasteiger partial charge on any atom is 0.217 e. The predicted molar refractivity (Wildman–Crippen MR) is 62.9 cm³/mol. The third kappa shape index (κ3) is 4.72. The summed E-state index contributed by atoms with van der Waals surface area (Å²) in [6.07, 6.45) is 4.71. The van der Waals surface area contributed by atoms with Gasteiger partial charge in [0.1, 0.15) is 12.1 Å². The molecule has 5 nitrogen and oxygen atoms in total. The van der Waals surface area contributed by atoms with Crippen LogP contribution in [0.5, 0.6) is 0 Å². The number of nitrogens with zero attached hydrogens (tertiary/aromatic N) is 2. The number of aromatic nitrogens is 2. The van der Waals surface area contributed by atoms with E-state index < -0.39 is 0 Å². The molecule has 0 aliphatic rings. The van der Waals surface area contributed by atoms with Crippen LogP contribution < -0.4 is 11.1 Å². The zero-order valence-corrected chi connectivity index (χ0v) is 9.57. The zero-order chi connectivity index (χ0) is 11.8. The number of nitrogens with two attached hydrogens (primary N) is 1. The predicted octanol–water partition coefficient (Wildman–Crippen LogP) is 1.11. The zero-order valence-electron chi connectivity index (χ0n) is 9.57. The number of anilines is 1. The number of hydrogen-bond donors (Lipinski definition) is 2. The van der Waals surface area contributed by atoms with Crippen LogP contribution in [0.2, 0.25) is 0 Å². The molecule has 0 atom stereocenters. The van der Waals surface area contributed by atoms with E-state index >= 15 is 0 Å². The van der Waals surface area contributed by atoms with Crippen LogP contribution in [0, 0.1) is 0 Å². The third-order valence-corrected chi connectivity index (χ3v) is 2.14. The van der Waals surface area contributed by atoms with Crippen molar-refractivity contribution in [3.63, 3.8) is 0 Å². The van der Waals surface area contributed by atoms with E-state index in [0.29, 0.717) is 13.0 Å². The summed E-state index contributed by atoms with van der Waals surface area (Å²) < 4.78 is 0. The lowest BCUT2D eigenvalue weighted by molar-refractivity contribution is -0.118. The van der Waals surface area contributed by atoms with Crippen molar-refractivity contribution in [3.05, 3.63) is 18.1 Å². The Kier molecular flexibility index (Phi) is 5.25. The van der Waals surface area contributed by atoms with Crippen LogP contribution >= 0.6 is 0 Å². The van der Waals surface area contributed by atoms with Gasteiger partial charge in [-0.15, -0.1) is 0 Å². The second kappa shape index (κ2) is 6.76. The van der Waals surface area contributed by atoms with Crippen molar-refractivity contribution in [1.82, 2.24) is 9.97 Å². The smallest absolute Gasteiger partial charge is 0.217 e. The first-order valence-corrected chi connectivity index (χ1v) is 5.55. The minimum Gasteiger partial charge on any atom is -0.370 e. The number of aryl methyl sites for hydroxylation is 1. The molecule has 0 radical (unpaired) electrons. The summed E-state index contributed by atoms with van der Waals surface area (Å²) in [6.45, 7) is 2.81. The topological polar surface area (TPSA) is 80.9 Å². The van der Waals surface area contributed by atoms with Crippen molar-refractivity contribution in [1.29, 1.82) is 0 Å². The Bertz CT molecular complexity index is 341. The van der Waals surface area contributed by atoms with E-state index in [2.05, 4.69) is 22.2 Å². The summed E-state index contributed by atoms with van der Waals surface area (Å²) in [7, 11) is 0. The van der Waals surface area contributed by atoms with E-state index in [1.54, 1.807) is 6.33 Å². The SMILES string of the molecule is CCCc1cc(NCCCC(N)=O)ncn1. The molecule has 0 aliphatic heterocycles. The summed E-state index contributed by atoms with van der Waals surface area (Å²) in [6, 6.07) is 1.94. The number of carbonyl (C=O) groups is 1. The van der Waals surface area contributed by atoms with Gasteiger partial charge in [0.25, 0.3) is 0 Å². The van der Waals surface area contributed by atoms with Crippen LogP contribution in [0.3, 0.4) is 0 Å². The minimum atomic E-state index is -0.267. The fourth-order valence-electron chi connectivity index (χ4n) is 1.37. The number of rotatable bonds is 7. The molecule has 1 amide bonds. The summed E-state index contributed by atoms with van der Waals surface area (Å²) in [5, 5.41) is 3.14. The Morgan fingerprint density at radius 2 is 2.31 bits per heavy atom. The van der Waals surface area contributed by atoms with Crippen molar-refractivity contribution in [2.24, 2.45) is 5.73 Å². The van der Waals surface area contributed by atoms with Gasteiger partial charge in [-0.05, 0) is 12.8 Å². The molecule has 1 heterocycles. The Hall–Kier alpha value is -1.65. The number of amides is 1. The van der Waals surface area contributed by atoms with Gasteiger partial charge in [0.2, 0.25) is 5.91 Å². The monoisotopic (exact) mass is 222 g/mol. The van der Waals surface area contributed by atoms with Crippen LogP contribution in [0.4, 0.5) is 5.82 Å². The maximum atomic E-state index is 10.5. The highest BCUT2D eigenvalue weighted by Crippen LogP contribution is 2.06. The lowest BCUT2D eigenvalue weighted by atomic mass is 10.2. The summed E-state index contributed by atoms with van der Waals surface area (Å²) >= 11 is 0. The molecule has 0 fully saturated rings. The average molecular weight is 222 g/mol. The Balaban J connectivity index is 2.35. The van der Waals surface area contributed by atoms with Gasteiger partial charge in [-0.2, -0.15) is 0 Å². The van der Waals surface area contributed by atoms with Gasteiger partial charge in [-0.25, -0.2) is 9.97 Å². The van der Waals surface area contributed by atoms with Gasteiger partial charge in [-0.3, -0.25) is 4.79 Å². The van der Waals surface area contributed by atoms with Crippen molar-refractivity contribution >= 4 is 11.7 Å². The molecule has 5 heteroatoms. The maximum absolute atomic E-state index is 10.5. The molecule has 0 aromatic carbocycles. The molecule has 0 unspecified atom stereocenters. The first-order chi connectivity index (χ1) is 7.72. The molecule has 88 valence electrons. The molecule has 1 aromatic heterocycles. The molecular weight excluding hydrogens is 204 g/mol. The average Bonchev–Trinajstić information content (AvgIpc) is 2.25. The first kappa shape index (κ1) is 12.4. The van der Waals surface area contributed by atoms with E-state index in [1.807, 2.05) is 6.07 Å². The van der Waals surface area contributed by atoms with Gasteiger partial charge < -0.3 is 11.1 Å². The van der Waals surface area contributed by atoms with Crippen LogP contribution in [-0.2, 0) is 11.2 Å². The van der Waals surface area contributed by atoms with Crippen LogP contribution in [0.25, 0.3) is 0 Å². The minimum absolute atomic E-state index is 0.267.